The average Bonchev–Trinajstić information content (AvgIpc) is 2.55. The van der Waals surface area contributed by atoms with Crippen molar-refractivity contribution in [3.05, 3.63) is 57.0 Å². The lowest BCUT2D eigenvalue weighted by atomic mass is 9.97. The van der Waals surface area contributed by atoms with Crippen molar-refractivity contribution in [1.82, 2.24) is 14.5 Å². The van der Waals surface area contributed by atoms with Gasteiger partial charge < -0.3 is 0 Å². The molecule has 6 nitrogen and oxygen atoms in total. The quantitative estimate of drug-likeness (QED) is 0.873. The number of fused-ring (bicyclic) bond motifs is 1. The summed E-state index contributed by atoms with van der Waals surface area (Å²) in [5, 5.41) is 4.84. The summed E-state index contributed by atoms with van der Waals surface area (Å²) in [5.41, 5.74) is 1.77. The number of nitrogens with one attached hydrogen (secondary N) is 1. The number of sulfonamides is 1. The Labute approximate surface area is 145 Å². The fourth-order valence-corrected chi connectivity index (χ4v) is 3.89. The SMILES string of the molecule is O=c1cc2c(nn1CCNS(=O)(=O)c1ccc(Cl)cc1)CCCC2. The molecule has 24 heavy (non-hydrogen) atoms. The molecule has 1 aliphatic carbocycles. The number of hydrogen-bond acceptors (Lipinski definition) is 4. The maximum Gasteiger partial charge on any atom is 0.267 e. The summed E-state index contributed by atoms with van der Waals surface area (Å²) < 4.78 is 28.2. The molecule has 0 fully saturated rings. The molecule has 0 amide bonds. The van der Waals surface area contributed by atoms with Crippen LogP contribution < -0.4 is 10.3 Å². The average molecular weight is 368 g/mol. The van der Waals surface area contributed by atoms with Gasteiger partial charge in [-0.3, -0.25) is 4.79 Å². The molecule has 3 rings (SSSR count). The number of benzene rings is 1. The van der Waals surface area contributed by atoms with Gasteiger partial charge in [-0.15, -0.1) is 0 Å². The minimum atomic E-state index is -3.63. The molecule has 1 N–H and O–H groups in total. The predicted molar refractivity (Wildman–Crippen MR) is 91.8 cm³/mol. The molecule has 1 aromatic carbocycles. The summed E-state index contributed by atoms with van der Waals surface area (Å²) in [6.07, 6.45) is 3.91. The van der Waals surface area contributed by atoms with Gasteiger partial charge in [-0.25, -0.2) is 17.8 Å². The lowest BCUT2D eigenvalue weighted by Gasteiger charge is -2.16. The molecule has 0 atom stereocenters. The number of aryl methyl sites for hydroxylation is 2. The second-order valence-electron chi connectivity index (χ2n) is 5.74. The minimum Gasteiger partial charge on any atom is -0.268 e. The molecule has 1 aliphatic rings. The van der Waals surface area contributed by atoms with E-state index in [2.05, 4.69) is 9.82 Å². The van der Waals surface area contributed by atoms with E-state index in [4.69, 9.17) is 11.6 Å². The molecule has 0 spiro atoms. The summed E-state index contributed by atoms with van der Waals surface area (Å²) in [4.78, 5) is 12.2. The smallest absolute Gasteiger partial charge is 0.267 e. The molecule has 0 saturated carbocycles. The van der Waals surface area contributed by atoms with Crippen LogP contribution in [0.2, 0.25) is 5.02 Å². The van der Waals surface area contributed by atoms with E-state index in [9.17, 15) is 13.2 Å². The molecule has 0 unspecified atom stereocenters. The molecule has 0 radical (unpaired) electrons. The summed E-state index contributed by atoms with van der Waals surface area (Å²) in [7, 11) is -3.63. The number of aromatic nitrogens is 2. The van der Waals surface area contributed by atoms with Gasteiger partial charge in [0.05, 0.1) is 17.1 Å². The van der Waals surface area contributed by atoms with Crippen LogP contribution in [0.5, 0.6) is 0 Å². The van der Waals surface area contributed by atoms with Gasteiger partial charge in [0.25, 0.3) is 5.56 Å². The monoisotopic (exact) mass is 367 g/mol. The fourth-order valence-electron chi connectivity index (χ4n) is 2.74. The van der Waals surface area contributed by atoms with E-state index in [0.717, 1.165) is 36.9 Å². The van der Waals surface area contributed by atoms with Crippen molar-refractivity contribution in [1.29, 1.82) is 0 Å². The first-order valence-electron chi connectivity index (χ1n) is 7.81. The van der Waals surface area contributed by atoms with Gasteiger partial charge in [-0.05, 0) is 55.5 Å². The van der Waals surface area contributed by atoms with Gasteiger partial charge >= 0.3 is 0 Å². The van der Waals surface area contributed by atoms with E-state index < -0.39 is 10.0 Å². The molecule has 128 valence electrons. The normalized spacial score (nSPS) is 14.4. The Morgan fingerprint density at radius 2 is 1.88 bits per heavy atom. The van der Waals surface area contributed by atoms with Crippen molar-refractivity contribution in [2.24, 2.45) is 0 Å². The van der Waals surface area contributed by atoms with Gasteiger partial charge in [-0.1, -0.05) is 11.6 Å². The predicted octanol–water partition coefficient (Wildman–Crippen LogP) is 1.75. The van der Waals surface area contributed by atoms with E-state index in [1.807, 2.05) is 0 Å². The van der Waals surface area contributed by atoms with Gasteiger partial charge in [0.2, 0.25) is 10.0 Å². The van der Waals surface area contributed by atoms with Crippen LogP contribution in [-0.4, -0.2) is 24.7 Å². The van der Waals surface area contributed by atoms with Crippen LogP contribution in [0.15, 0.2) is 40.0 Å². The molecular weight excluding hydrogens is 350 g/mol. The zero-order chi connectivity index (χ0) is 17.2. The van der Waals surface area contributed by atoms with E-state index in [-0.39, 0.29) is 23.5 Å². The summed E-state index contributed by atoms with van der Waals surface area (Å²) >= 11 is 5.76. The molecular formula is C16H18ClN3O3S. The largest absolute Gasteiger partial charge is 0.268 e. The molecule has 8 heteroatoms. The highest BCUT2D eigenvalue weighted by atomic mass is 35.5. The van der Waals surface area contributed by atoms with Gasteiger partial charge in [0, 0.05) is 17.6 Å². The third-order valence-corrected chi connectivity index (χ3v) is 5.74. The van der Waals surface area contributed by atoms with Gasteiger partial charge in [-0.2, -0.15) is 5.10 Å². The molecule has 0 bridgehead atoms. The second-order valence-corrected chi connectivity index (χ2v) is 7.94. The minimum absolute atomic E-state index is 0.0939. The molecule has 1 aromatic heterocycles. The maximum atomic E-state index is 12.2. The van der Waals surface area contributed by atoms with Gasteiger partial charge in [0.15, 0.2) is 0 Å². The highest BCUT2D eigenvalue weighted by Crippen LogP contribution is 2.17. The van der Waals surface area contributed by atoms with Crippen LogP contribution in [0.25, 0.3) is 0 Å². The first-order chi connectivity index (χ1) is 11.5. The van der Waals surface area contributed by atoms with Crippen molar-refractivity contribution in [3.63, 3.8) is 0 Å². The van der Waals surface area contributed by atoms with Crippen molar-refractivity contribution in [2.45, 2.75) is 37.1 Å². The van der Waals surface area contributed by atoms with Crippen LogP contribution in [0, 0.1) is 0 Å². The number of hydrogen-bond donors (Lipinski definition) is 1. The van der Waals surface area contributed by atoms with Crippen molar-refractivity contribution in [3.8, 4) is 0 Å². The van der Waals surface area contributed by atoms with Crippen LogP contribution >= 0.6 is 11.6 Å². The second kappa shape index (κ2) is 7.04. The topological polar surface area (TPSA) is 81.1 Å². The van der Waals surface area contributed by atoms with E-state index in [1.54, 1.807) is 6.07 Å². The first-order valence-corrected chi connectivity index (χ1v) is 9.67. The standard InChI is InChI=1S/C16H18ClN3O3S/c17-13-5-7-14(8-6-13)24(22,23)18-9-10-20-16(21)11-12-3-1-2-4-15(12)19-20/h5-8,11,18H,1-4,9-10H2. The summed E-state index contributed by atoms with van der Waals surface area (Å²) in [6, 6.07) is 7.54. The Balaban J connectivity index is 1.68. The van der Waals surface area contributed by atoms with Crippen LogP contribution in [0.3, 0.4) is 0 Å². The van der Waals surface area contributed by atoms with Crippen molar-refractivity contribution >= 4 is 21.6 Å². The molecule has 0 aliphatic heterocycles. The third-order valence-electron chi connectivity index (χ3n) is 4.01. The van der Waals surface area contributed by atoms with Crippen LogP contribution in [0.1, 0.15) is 24.1 Å². The summed E-state index contributed by atoms with van der Waals surface area (Å²) in [5.74, 6) is 0. The van der Waals surface area contributed by atoms with Crippen molar-refractivity contribution < 1.29 is 8.42 Å². The van der Waals surface area contributed by atoms with E-state index in [1.165, 1.54) is 28.9 Å². The highest BCUT2D eigenvalue weighted by Gasteiger charge is 2.15. The Morgan fingerprint density at radius 1 is 1.17 bits per heavy atom. The van der Waals surface area contributed by atoms with Gasteiger partial charge in [0.1, 0.15) is 0 Å². The highest BCUT2D eigenvalue weighted by molar-refractivity contribution is 7.89. The lowest BCUT2D eigenvalue weighted by Crippen LogP contribution is -2.33. The maximum absolute atomic E-state index is 12.2. The van der Waals surface area contributed by atoms with E-state index in [0.29, 0.717) is 5.02 Å². The fraction of sp³-hybridized carbons (Fsp3) is 0.375. The van der Waals surface area contributed by atoms with E-state index >= 15 is 0 Å². The van der Waals surface area contributed by atoms with Crippen LogP contribution in [0.4, 0.5) is 0 Å². The summed E-state index contributed by atoms with van der Waals surface area (Å²) in [6.45, 7) is 0.287. The lowest BCUT2D eigenvalue weighted by molar-refractivity contribution is 0.526. The Bertz CT molecular complexity index is 892. The first kappa shape index (κ1) is 17.1. The molecule has 0 saturated heterocycles. The Morgan fingerprint density at radius 3 is 2.62 bits per heavy atom. The number of nitrogens with zero attached hydrogens (tertiary/aromatic N) is 2. The Kier molecular flexibility index (Phi) is 5.03. The number of halogens is 1. The number of rotatable bonds is 5. The van der Waals surface area contributed by atoms with Crippen LogP contribution in [-0.2, 0) is 29.4 Å². The van der Waals surface area contributed by atoms with Crippen molar-refractivity contribution in [2.75, 3.05) is 6.54 Å². The zero-order valence-electron chi connectivity index (χ0n) is 13.0. The zero-order valence-corrected chi connectivity index (χ0v) is 14.6. The third kappa shape index (κ3) is 3.85. The molecule has 1 heterocycles. The molecule has 2 aromatic rings. The Hall–Kier alpha value is -1.70.